The Kier molecular flexibility index (Phi) is 10.1. The topological polar surface area (TPSA) is 217 Å². The van der Waals surface area contributed by atoms with Crippen molar-refractivity contribution in [3.63, 3.8) is 0 Å². The van der Waals surface area contributed by atoms with E-state index in [2.05, 4.69) is 0 Å². The molecular weight excluding hydrogens is 602 g/mol. The Hall–Kier alpha value is -4.43. The molecule has 0 fully saturated rings. The first kappa shape index (κ1) is 34.4. The number of methoxy groups -OCH3 is 2. The second-order valence-electron chi connectivity index (χ2n) is 12.2. The van der Waals surface area contributed by atoms with Crippen LogP contribution >= 0.6 is 0 Å². The third-order valence-electron chi connectivity index (χ3n) is 9.16. The van der Waals surface area contributed by atoms with Gasteiger partial charge in [-0.1, -0.05) is 0 Å². The number of carbonyl (C=O) groups is 5. The van der Waals surface area contributed by atoms with E-state index >= 15 is 0 Å². The predicted molar refractivity (Wildman–Crippen MR) is 163 cm³/mol. The number of ether oxygens (including phenoxy) is 2. The molecule has 3 aliphatic carbocycles. The summed E-state index contributed by atoms with van der Waals surface area (Å²) in [6.45, 7) is 0.955. The molecule has 1 amide bonds. The van der Waals surface area contributed by atoms with Crippen LogP contribution in [0.2, 0.25) is 0 Å². The van der Waals surface area contributed by atoms with Gasteiger partial charge < -0.3 is 40.5 Å². The summed E-state index contributed by atoms with van der Waals surface area (Å²) < 4.78 is 9.46. The average Bonchev–Trinajstić information content (AvgIpc) is 2.99. The van der Waals surface area contributed by atoms with Gasteiger partial charge in [0.2, 0.25) is 5.78 Å². The number of carbonyl (C=O) groups excluding carboxylic acids is 5. The number of amides is 1. The summed E-state index contributed by atoms with van der Waals surface area (Å²) in [7, 11) is 6.15. The van der Waals surface area contributed by atoms with Gasteiger partial charge in [0, 0.05) is 62.6 Å². The maximum atomic E-state index is 14.2. The molecule has 46 heavy (non-hydrogen) atoms. The first-order valence-corrected chi connectivity index (χ1v) is 15.1. The van der Waals surface area contributed by atoms with E-state index in [0.29, 0.717) is 42.7 Å². The molecule has 1 aromatic rings. The van der Waals surface area contributed by atoms with Crippen LogP contribution in [0, 0.1) is 11.8 Å². The van der Waals surface area contributed by atoms with Crippen LogP contribution in [-0.4, -0.2) is 102 Å². The Labute approximate surface area is 266 Å². The standard InChI is InChI=1S/C32H41N3O11/c1-34(2)20-13-17(15-35(9-5-7-22(37)45-3)10-6-8-23(38)46-4)27(39)25-19(20)12-16-11-18-14-21(36)26(31(33)43)30(42)32(18,44)29(41)24(16)28(25)40/h13,16,18,36,39,41,44H,5-12,14-15H2,1-4H3,(H2,33,43)/t16-,18+,32+/m1/s1. The van der Waals surface area contributed by atoms with Gasteiger partial charge in [-0.05, 0) is 56.3 Å². The number of rotatable bonds is 12. The van der Waals surface area contributed by atoms with Gasteiger partial charge in [-0.2, -0.15) is 0 Å². The molecule has 0 aromatic heterocycles. The van der Waals surface area contributed by atoms with Gasteiger partial charge in [0.25, 0.3) is 5.91 Å². The molecule has 14 heteroatoms. The molecule has 0 saturated carbocycles. The fourth-order valence-corrected chi connectivity index (χ4v) is 6.85. The van der Waals surface area contributed by atoms with E-state index in [4.69, 9.17) is 15.2 Å². The Morgan fingerprint density at radius 3 is 2.11 bits per heavy atom. The van der Waals surface area contributed by atoms with Crippen LogP contribution in [0.25, 0.3) is 0 Å². The van der Waals surface area contributed by atoms with Crippen LogP contribution in [-0.2, 0) is 41.6 Å². The number of aliphatic hydroxyl groups excluding tert-OH is 2. The van der Waals surface area contributed by atoms with Crippen molar-refractivity contribution in [2.24, 2.45) is 17.6 Å². The second-order valence-corrected chi connectivity index (χ2v) is 12.2. The molecule has 1 aromatic carbocycles. The number of phenols is 1. The van der Waals surface area contributed by atoms with E-state index in [0.717, 1.165) is 0 Å². The normalized spacial score (nSPS) is 22.3. The summed E-state index contributed by atoms with van der Waals surface area (Å²) in [6.07, 6.45) is 1.09. The van der Waals surface area contributed by atoms with E-state index < -0.39 is 52.0 Å². The van der Waals surface area contributed by atoms with Crippen molar-refractivity contribution < 1.29 is 53.9 Å². The van der Waals surface area contributed by atoms with Gasteiger partial charge in [0.05, 0.1) is 19.8 Å². The van der Waals surface area contributed by atoms with Crippen molar-refractivity contribution in [3.8, 4) is 5.75 Å². The number of aromatic hydroxyl groups is 1. The molecular formula is C32H41N3O11. The number of Topliss-reactive ketones (excluding diaryl/α,β-unsaturated/α-hetero) is 2. The van der Waals surface area contributed by atoms with Crippen LogP contribution in [0.3, 0.4) is 0 Å². The first-order chi connectivity index (χ1) is 21.7. The summed E-state index contributed by atoms with van der Waals surface area (Å²) in [6, 6.07) is 1.76. The molecule has 0 saturated heterocycles. The number of phenolic OH excluding ortho intramolecular Hbond substituents is 1. The molecule has 3 aliphatic rings. The number of hydrogen-bond donors (Lipinski definition) is 5. The average molecular weight is 644 g/mol. The molecule has 0 unspecified atom stereocenters. The summed E-state index contributed by atoms with van der Waals surface area (Å²) in [4.78, 5) is 66.5. The summed E-state index contributed by atoms with van der Waals surface area (Å²) in [5, 5.41) is 44.9. The number of primary amides is 1. The number of anilines is 1. The van der Waals surface area contributed by atoms with Gasteiger partial charge in [-0.3, -0.25) is 28.9 Å². The van der Waals surface area contributed by atoms with E-state index in [9.17, 15) is 44.4 Å². The monoisotopic (exact) mass is 643 g/mol. The lowest BCUT2D eigenvalue weighted by Gasteiger charge is -2.46. The largest absolute Gasteiger partial charge is 0.511 e. The van der Waals surface area contributed by atoms with Crippen molar-refractivity contribution in [2.45, 2.75) is 57.1 Å². The van der Waals surface area contributed by atoms with Crippen molar-refractivity contribution in [1.29, 1.82) is 0 Å². The van der Waals surface area contributed by atoms with Crippen LogP contribution in [0.1, 0.15) is 60.0 Å². The molecule has 6 N–H and O–H groups in total. The molecule has 0 bridgehead atoms. The highest BCUT2D eigenvalue weighted by atomic mass is 16.5. The highest BCUT2D eigenvalue weighted by molar-refractivity contribution is 6.24. The van der Waals surface area contributed by atoms with Gasteiger partial charge in [-0.25, -0.2) is 0 Å². The van der Waals surface area contributed by atoms with Crippen molar-refractivity contribution in [3.05, 3.63) is 45.4 Å². The Morgan fingerprint density at radius 1 is 1.00 bits per heavy atom. The lowest BCUT2D eigenvalue weighted by atomic mass is 9.60. The molecule has 250 valence electrons. The van der Waals surface area contributed by atoms with Crippen LogP contribution in [0.4, 0.5) is 5.69 Å². The minimum absolute atomic E-state index is 0.0342. The maximum Gasteiger partial charge on any atom is 0.305 e. The molecule has 0 heterocycles. The summed E-state index contributed by atoms with van der Waals surface area (Å²) in [5.74, 6) is -7.58. The van der Waals surface area contributed by atoms with E-state index in [1.165, 1.54) is 14.2 Å². The minimum Gasteiger partial charge on any atom is -0.511 e. The predicted octanol–water partition coefficient (Wildman–Crippen LogP) is 1.35. The third-order valence-corrected chi connectivity index (χ3v) is 9.16. The molecule has 0 aliphatic heterocycles. The number of ketones is 2. The van der Waals surface area contributed by atoms with Gasteiger partial charge in [0.1, 0.15) is 22.8 Å². The van der Waals surface area contributed by atoms with Crippen molar-refractivity contribution in [1.82, 2.24) is 4.90 Å². The number of nitrogens with zero attached hydrogens (tertiary/aromatic N) is 2. The van der Waals surface area contributed by atoms with E-state index in [1.54, 1.807) is 25.1 Å². The Morgan fingerprint density at radius 2 is 1.59 bits per heavy atom. The molecule has 4 rings (SSSR count). The smallest absolute Gasteiger partial charge is 0.305 e. The van der Waals surface area contributed by atoms with Gasteiger partial charge in [-0.15, -0.1) is 0 Å². The quantitative estimate of drug-likeness (QED) is 0.161. The Bertz CT molecular complexity index is 1510. The SMILES string of the molecule is COC(=O)CCCN(CCCC(=O)OC)Cc1cc(N(C)C)c2c(c1O)C(=O)C1=C(O)[C@]3(O)C(=O)C(C(N)=O)=C(O)C[C@@H]3C[C@@H]1C2. The van der Waals surface area contributed by atoms with Crippen LogP contribution < -0.4 is 10.6 Å². The maximum absolute atomic E-state index is 14.2. The number of aliphatic hydroxyl groups is 3. The minimum atomic E-state index is -2.65. The fraction of sp³-hybridized carbons (Fsp3) is 0.531. The lowest BCUT2D eigenvalue weighted by molar-refractivity contribution is -0.144. The number of esters is 2. The zero-order chi connectivity index (χ0) is 34.1. The van der Waals surface area contributed by atoms with Gasteiger partial charge in [0.15, 0.2) is 11.4 Å². The van der Waals surface area contributed by atoms with Gasteiger partial charge >= 0.3 is 11.9 Å². The number of nitrogens with two attached hydrogens (primary N) is 1. The van der Waals surface area contributed by atoms with Crippen molar-refractivity contribution in [2.75, 3.05) is 46.3 Å². The second kappa shape index (κ2) is 13.5. The van der Waals surface area contributed by atoms with Crippen molar-refractivity contribution >= 4 is 35.1 Å². The number of fused-ring (bicyclic) bond motifs is 3. The third kappa shape index (κ3) is 6.18. The molecule has 14 nitrogen and oxygen atoms in total. The van der Waals surface area contributed by atoms with E-state index in [-0.39, 0.29) is 67.5 Å². The Balaban J connectivity index is 1.75. The molecule has 3 atom stereocenters. The molecule has 0 radical (unpaired) electrons. The number of benzene rings is 1. The zero-order valence-corrected chi connectivity index (χ0v) is 26.4. The first-order valence-electron chi connectivity index (χ1n) is 15.1. The summed E-state index contributed by atoms with van der Waals surface area (Å²) >= 11 is 0. The van der Waals surface area contributed by atoms with Crippen LogP contribution in [0.5, 0.6) is 5.75 Å². The highest BCUT2D eigenvalue weighted by Crippen LogP contribution is 2.52. The van der Waals surface area contributed by atoms with E-state index in [1.807, 2.05) is 4.90 Å². The molecule has 0 spiro atoms. The summed E-state index contributed by atoms with van der Waals surface area (Å²) in [5.41, 5.74) is 3.01. The fourth-order valence-electron chi connectivity index (χ4n) is 6.85. The zero-order valence-electron chi connectivity index (χ0n) is 26.4. The number of allylic oxidation sites excluding steroid dienone is 2. The highest BCUT2D eigenvalue weighted by Gasteiger charge is 2.59. The number of hydrogen-bond acceptors (Lipinski definition) is 13. The lowest BCUT2D eigenvalue weighted by Crippen LogP contribution is -2.57. The van der Waals surface area contributed by atoms with Crippen LogP contribution in [0.15, 0.2) is 28.7 Å².